The standard InChI is InChI=1S/C16H28O/c1-11-7-6-8-14-9-12(2)15(4,13(3)17)10-16(11,14)5/h11-12,14H,6-10H2,1-5H3. The van der Waals surface area contributed by atoms with Crippen LogP contribution in [0.4, 0.5) is 0 Å². The first-order chi connectivity index (χ1) is 7.80. The van der Waals surface area contributed by atoms with Crippen molar-refractivity contribution in [1.82, 2.24) is 0 Å². The minimum absolute atomic E-state index is 0.0726. The first-order valence-electron chi connectivity index (χ1n) is 7.31. The topological polar surface area (TPSA) is 17.1 Å². The van der Waals surface area contributed by atoms with Gasteiger partial charge in [0.1, 0.15) is 5.78 Å². The van der Waals surface area contributed by atoms with E-state index in [4.69, 9.17) is 0 Å². The van der Waals surface area contributed by atoms with Crippen LogP contribution in [-0.4, -0.2) is 5.78 Å². The molecule has 17 heavy (non-hydrogen) atoms. The number of hydrogen-bond acceptors (Lipinski definition) is 1. The lowest BCUT2D eigenvalue weighted by Gasteiger charge is -2.57. The van der Waals surface area contributed by atoms with Crippen LogP contribution in [0.3, 0.4) is 0 Å². The van der Waals surface area contributed by atoms with Crippen LogP contribution in [0.15, 0.2) is 0 Å². The highest BCUT2D eigenvalue weighted by molar-refractivity contribution is 5.82. The molecule has 5 unspecified atom stereocenters. The molecule has 98 valence electrons. The van der Waals surface area contributed by atoms with Gasteiger partial charge in [-0.1, -0.05) is 40.5 Å². The third-order valence-corrected chi connectivity index (χ3v) is 6.53. The molecule has 0 aromatic heterocycles. The second-order valence-electron chi connectivity index (χ2n) is 7.32. The third kappa shape index (κ3) is 1.86. The third-order valence-electron chi connectivity index (χ3n) is 6.53. The molecule has 2 rings (SSSR count). The number of hydrogen-bond donors (Lipinski definition) is 0. The molecule has 5 atom stereocenters. The molecule has 0 N–H and O–H groups in total. The summed E-state index contributed by atoms with van der Waals surface area (Å²) in [7, 11) is 0. The molecular weight excluding hydrogens is 208 g/mol. The van der Waals surface area contributed by atoms with Crippen LogP contribution >= 0.6 is 0 Å². The quantitative estimate of drug-likeness (QED) is 0.657. The molecule has 0 saturated heterocycles. The van der Waals surface area contributed by atoms with Crippen molar-refractivity contribution >= 4 is 5.78 Å². The van der Waals surface area contributed by atoms with Gasteiger partial charge in [0.25, 0.3) is 0 Å². The van der Waals surface area contributed by atoms with Crippen LogP contribution < -0.4 is 0 Å². The number of carbonyl (C=O) groups excluding carboxylic acids is 1. The van der Waals surface area contributed by atoms with Crippen LogP contribution in [-0.2, 0) is 4.79 Å². The van der Waals surface area contributed by atoms with Crippen molar-refractivity contribution in [3.8, 4) is 0 Å². The Morgan fingerprint density at radius 1 is 1.12 bits per heavy atom. The number of Topliss-reactive ketones (excluding diaryl/α,β-unsaturated/α-hetero) is 1. The average Bonchev–Trinajstić information content (AvgIpc) is 2.23. The molecule has 2 aliphatic rings. The molecule has 1 nitrogen and oxygen atoms in total. The monoisotopic (exact) mass is 236 g/mol. The van der Waals surface area contributed by atoms with E-state index in [2.05, 4.69) is 27.7 Å². The van der Waals surface area contributed by atoms with Crippen LogP contribution in [0.2, 0.25) is 0 Å². The molecule has 2 aliphatic carbocycles. The minimum Gasteiger partial charge on any atom is -0.299 e. The zero-order chi connectivity index (χ0) is 12.8. The molecule has 0 radical (unpaired) electrons. The van der Waals surface area contributed by atoms with Gasteiger partial charge in [0.05, 0.1) is 0 Å². The molecule has 0 bridgehead atoms. The normalized spacial score (nSPS) is 50.8. The summed E-state index contributed by atoms with van der Waals surface area (Å²) in [6.45, 7) is 11.2. The fourth-order valence-electron chi connectivity index (χ4n) is 4.56. The first-order valence-corrected chi connectivity index (χ1v) is 7.31. The van der Waals surface area contributed by atoms with Gasteiger partial charge in [-0.3, -0.25) is 4.79 Å². The second-order valence-corrected chi connectivity index (χ2v) is 7.32. The summed E-state index contributed by atoms with van der Waals surface area (Å²) in [5.41, 5.74) is 0.335. The largest absolute Gasteiger partial charge is 0.299 e. The zero-order valence-corrected chi connectivity index (χ0v) is 12.2. The molecule has 2 fully saturated rings. The Kier molecular flexibility index (Phi) is 3.16. The van der Waals surface area contributed by atoms with E-state index in [-0.39, 0.29) is 5.41 Å². The van der Waals surface area contributed by atoms with Gasteiger partial charge in [0.15, 0.2) is 0 Å². The Morgan fingerprint density at radius 2 is 1.76 bits per heavy atom. The van der Waals surface area contributed by atoms with Gasteiger partial charge < -0.3 is 0 Å². The van der Waals surface area contributed by atoms with Gasteiger partial charge in [0.2, 0.25) is 0 Å². The van der Waals surface area contributed by atoms with Gasteiger partial charge in [-0.2, -0.15) is 0 Å². The van der Waals surface area contributed by atoms with E-state index in [1.165, 1.54) is 25.7 Å². The highest BCUT2D eigenvalue weighted by atomic mass is 16.1. The van der Waals surface area contributed by atoms with Gasteiger partial charge in [-0.25, -0.2) is 0 Å². The highest BCUT2D eigenvalue weighted by Gasteiger charge is 2.53. The summed E-state index contributed by atoms with van der Waals surface area (Å²) in [6.07, 6.45) is 6.51. The van der Waals surface area contributed by atoms with Crippen LogP contribution in [0, 0.1) is 28.6 Å². The molecule has 0 aliphatic heterocycles. The maximum absolute atomic E-state index is 12.1. The molecule has 0 aromatic carbocycles. The second kappa shape index (κ2) is 4.10. The Bertz CT molecular complexity index is 321. The predicted molar refractivity (Wildman–Crippen MR) is 71.8 cm³/mol. The van der Waals surface area contributed by atoms with Crippen LogP contribution in [0.1, 0.15) is 66.7 Å². The van der Waals surface area contributed by atoms with E-state index < -0.39 is 0 Å². The fourth-order valence-corrected chi connectivity index (χ4v) is 4.56. The van der Waals surface area contributed by atoms with Crippen molar-refractivity contribution < 1.29 is 4.79 Å². The number of ketones is 1. The predicted octanol–water partition coefficient (Wildman–Crippen LogP) is 4.45. The number of fused-ring (bicyclic) bond motifs is 1. The van der Waals surface area contributed by atoms with E-state index in [0.29, 0.717) is 17.1 Å². The molecule has 0 spiro atoms. The van der Waals surface area contributed by atoms with Crippen LogP contribution in [0.25, 0.3) is 0 Å². The Labute approximate surface area is 106 Å². The highest BCUT2D eigenvalue weighted by Crippen LogP contribution is 2.60. The average molecular weight is 236 g/mol. The van der Waals surface area contributed by atoms with E-state index in [9.17, 15) is 4.79 Å². The summed E-state index contributed by atoms with van der Waals surface area (Å²) in [5, 5.41) is 0. The van der Waals surface area contributed by atoms with E-state index >= 15 is 0 Å². The van der Waals surface area contributed by atoms with E-state index in [0.717, 1.165) is 18.3 Å². The Morgan fingerprint density at radius 3 is 2.35 bits per heavy atom. The van der Waals surface area contributed by atoms with Crippen molar-refractivity contribution in [2.75, 3.05) is 0 Å². The lowest BCUT2D eigenvalue weighted by molar-refractivity contribution is -0.141. The molecule has 1 heteroatoms. The van der Waals surface area contributed by atoms with E-state index in [1.54, 1.807) is 6.92 Å². The van der Waals surface area contributed by atoms with Crippen molar-refractivity contribution in [2.45, 2.75) is 66.7 Å². The van der Waals surface area contributed by atoms with Crippen molar-refractivity contribution in [1.29, 1.82) is 0 Å². The molecular formula is C16H28O. The summed E-state index contributed by atoms with van der Waals surface area (Å²) < 4.78 is 0. The smallest absolute Gasteiger partial charge is 0.135 e. The van der Waals surface area contributed by atoms with Crippen molar-refractivity contribution in [3.63, 3.8) is 0 Å². The summed E-state index contributed by atoms with van der Waals surface area (Å²) in [4.78, 5) is 12.1. The summed E-state index contributed by atoms with van der Waals surface area (Å²) >= 11 is 0. The van der Waals surface area contributed by atoms with Gasteiger partial charge in [-0.05, 0) is 49.4 Å². The van der Waals surface area contributed by atoms with Gasteiger partial charge in [0, 0.05) is 5.41 Å². The first kappa shape index (κ1) is 13.1. The fraction of sp³-hybridized carbons (Fsp3) is 0.938. The molecule has 0 aromatic rings. The number of carbonyl (C=O) groups is 1. The van der Waals surface area contributed by atoms with Crippen molar-refractivity contribution in [3.05, 3.63) is 0 Å². The molecule has 0 heterocycles. The minimum atomic E-state index is -0.0726. The van der Waals surface area contributed by atoms with Gasteiger partial charge >= 0.3 is 0 Å². The lowest BCUT2D eigenvalue weighted by Crippen LogP contribution is -2.51. The number of rotatable bonds is 1. The molecule has 0 amide bonds. The van der Waals surface area contributed by atoms with Gasteiger partial charge in [-0.15, -0.1) is 0 Å². The Hall–Kier alpha value is -0.330. The lowest BCUT2D eigenvalue weighted by atomic mass is 9.47. The summed E-state index contributed by atoms with van der Waals surface area (Å²) in [6, 6.07) is 0. The zero-order valence-electron chi connectivity index (χ0n) is 12.2. The SMILES string of the molecule is CC(=O)C1(C)CC2(C)C(C)CCCC2CC1C. The maximum Gasteiger partial charge on any atom is 0.135 e. The maximum atomic E-state index is 12.1. The summed E-state index contributed by atoms with van der Waals surface area (Å²) in [5.74, 6) is 2.60. The van der Waals surface area contributed by atoms with Crippen LogP contribution in [0.5, 0.6) is 0 Å². The molecule has 2 saturated carbocycles. The Balaban J connectivity index is 2.31. The van der Waals surface area contributed by atoms with Crippen molar-refractivity contribution in [2.24, 2.45) is 28.6 Å². The van der Waals surface area contributed by atoms with E-state index in [1.807, 2.05) is 0 Å².